The van der Waals surface area contributed by atoms with E-state index in [1.54, 1.807) is 12.1 Å². The maximum Gasteiger partial charge on any atom is 0.491 e. The molecule has 0 aliphatic carbocycles. The Kier molecular flexibility index (Phi) is 1.96. The second kappa shape index (κ2) is 3.12. The van der Waals surface area contributed by atoms with Gasteiger partial charge in [0, 0.05) is 5.46 Å². The van der Waals surface area contributed by atoms with E-state index in [0.29, 0.717) is 17.0 Å². The lowest BCUT2D eigenvalue weighted by molar-refractivity contribution is 0.425. The summed E-state index contributed by atoms with van der Waals surface area (Å²) in [7, 11) is -1.51. The first-order valence-electron chi connectivity index (χ1n) is 3.76. The van der Waals surface area contributed by atoms with Crippen LogP contribution in [0.2, 0.25) is 0 Å². The topological polar surface area (TPSA) is 66.7 Å². The second-order valence-electron chi connectivity index (χ2n) is 2.60. The standard InChI is InChI=1S/C8H7BO4/c10-9(11)6-4-8(13-5-6)7-2-1-3-12-7/h1-5,10-11H. The van der Waals surface area contributed by atoms with Crippen LogP contribution in [-0.4, -0.2) is 17.2 Å². The van der Waals surface area contributed by atoms with Crippen LogP contribution in [0.5, 0.6) is 0 Å². The van der Waals surface area contributed by atoms with E-state index in [9.17, 15) is 0 Å². The highest BCUT2D eigenvalue weighted by Crippen LogP contribution is 2.18. The Bertz CT molecular complexity index is 377. The summed E-state index contributed by atoms with van der Waals surface area (Å²) in [4.78, 5) is 0. The molecule has 0 spiro atoms. The van der Waals surface area contributed by atoms with Gasteiger partial charge in [-0.3, -0.25) is 0 Å². The summed E-state index contributed by atoms with van der Waals surface area (Å²) in [5.74, 6) is 1.04. The van der Waals surface area contributed by atoms with Gasteiger partial charge in [0.05, 0.1) is 12.5 Å². The molecule has 66 valence electrons. The Morgan fingerprint density at radius 1 is 1.15 bits per heavy atom. The molecule has 0 saturated carbocycles. The zero-order chi connectivity index (χ0) is 9.26. The van der Waals surface area contributed by atoms with Crippen molar-refractivity contribution in [3.8, 4) is 11.5 Å². The van der Waals surface area contributed by atoms with E-state index in [0.717, 1.165) is 0 Å². The van der Waals surface area contributed by atoms with Crippen LogP contribution >= 0.6 is 0 Å². The van der Waals surface area contributed by atoms with Crippen LogP contribution in [0.15, 0.2) is 39.6 Å². The van der Waals surface area contributed by atoms with E-state index in [2.05, 4.69) is 0 Å². The first kappa shape index (κ1) is 8.16. The van der Waals surface area contributed by atoms with Crippen LogP contribution in [-0.2, 0) is 0 Å². The molecule has 4 nitrogen and oxygen atoms in total. The molecule has 0 saturated heterocycles. The molecule has 2 aromatic rings. The molecular weight excluding hydrogens is 171 g/mol. The van der Waals surface area contributed by atoms with Crippen molar-refractivity contribution in [1.29, 1.82) is 0 Å². The average Bonchev–Trinajstić information content (AvgIpc) is 2.75. The number of hydrogen-bond donors (Lipinski definition) is 2. The Morgan fingerprint density at radius 3 is 2.54 bits per heavy atom. The Morgan fingerprint density at radius 2 is 2.00 bits per heavy atom. The number of hydrogen-bond acceptors (Lipinski definition) is 4. The van der Waals surface area contributed by atoms with E-state index in [-0.39, 0.29) is 0 Å². The maximum absolute atomic E-state index is 8.80. The molecule has 5 heteroatoms. The van der Waals surface area contributed by atoms with Crippen molar-refractivity contribution in [3.05, 3.63) is 30.7 Å². The lowest BCUT2D eigenvalue weighted by atomic mass is 9.82. The van der Waals surface area contributed by atoms with Crippen molar-refractivity contribution in [2.24, 2.45) is 0 Å². The fourth-order valence-corrected chi connectivity index (χ4v) is 1.03. The molecule has 2 rings (SSSR count). The van der Waals surface area contributed by atoms with Crippen molar-refractivity contribution in [3.63, 3.8) is 0 Å². The Hall–Kier alpha value is -1.46. The summed E-state index contributed by atoms with van der Waals surface area (Å²) < 4.78 is 10.1. The minimum Gasteiger partial charge on any atom is -0.461 e. The van der Waals surface area contributed by atoms with Crippen LogP contribution in [0.25, 0.3) is 11.5 Å². The van der Waals surface area contributed by atoms with Gasteiger partial charge < -0.3 is 18.9 Å². The highest BCUT2D eigenvalue weighted by molar-refractivity contribution is 6.58. The molecule has 0 radical (unpaired) electrons. The highest BCUT2D eigenvalue weighted by atomic mass is 16.4. The minimum atomic E-state index is -1.51. The van der Waals surface area contributed by atoms with Gasteiger partial charge in [-0.05, 0) is 18.2 Å². The molecule has 0 aliphatic heterocycles. The molecule has 0 fully saturated rings. The van der Waals surface area contributed by atoms with Gasteiger partial charge in [-0.1, -0.05) is 0 Å². The van der Waals surface area contributed by atoms with Crippen LogP contribution in [0, 0.1) is 0 Å². The van der Waals surface area contributed by atoms with Crippen molar-refractivity contribution in [1.82, 2.24) is 0 Å². The van der Waals surface area contributed by atoms with Gasteiger partial charge in [0.2, 0.25) is 0 Å². The summed E-state index contributed by atoms with van der Waals surface area (Å²) in [6.07, 6.45) is 2.80. The zero-order valence-electron chi connectivity index (χ0n) is 6.68. The van der Waals surface area contributed by atoms with Crippen molar-refractivity contribution in [2.75, 3.05) is 0 Å². The van der Waals surface area contributed by atoms with Gasteiger partial charge in [0.1, 0.15) is 0 Å². The number of furan rings is 2. The van der Waals surface area contributed by atoms with Gasteiger partial charge in [-0.2, -0.15) is 0 Å². The van der Waals surface area contributed by atoms with Crippen molar-refractivity contribution >= 4 is 12.6 Å². The first-order chi connectivity index (χ1) is 6.27. The molecule has 0 atom stereocenters. The normalized spacial score (nSPS) is 10.3. The van der Waals surface area contributed by atoms with Gasteiger partial charge in [0.15, 0.2) is 11.5 Å². The second-order valence-corrected chi connectivity index (χ2v) is 2.60. The van der Waals surface area contributed by atoms with Crippen LogP contribution < -0.4 is 5.46 Å². The summed E-state index contributed by atoms with van der Waals surface area (Å²) in [5, 5.41) is 17.6. The Balaban J connectivity index is 2.33. The van der Waals surface area contributed by atoms with Crippen LogP contribution in [0.4, 0.5) is 0 Å². The molecule has 0 amide bonds. The van der Waals surface area contributed by atoms with Gasteiger partial charge in [-0.15, -0.1) is 0 Å². The largest absolute Gasteiger partial charge is 0.491 e. The zero-order valence-corrected chi connectivity index (χ0v) is 6.68. The maximum atomic E-state index is 8.80. The lowest BCUT2D eigenvalue weighted by Gasteiger charge is -1.87. The predicted octanol–water partition coefficient (Wildman–Crippen LogP) is 0.219. The van der Waals surface area contributed by atoms with E-state index in [1.165, 1.54) is 18.6 Å². The third-order valence-electron chi connectivity index (χ3n) is 1.68. The molecule has 13 heavy (non-hydrogen) atoms. The molecule has 0 bridgehead atoms. The molecular formula is C8H7BO4. The van der Waals surface area contributed by atoms with E-state index < -0.39 is 7.12 Å². The molecule has 2 heterocycles. The van der Waals surface area contributed by atoms with E-state index in [4.69, 9.17) is 18.9 Å². The fraction of sp³-hybridized carbons (Fsp3) is 0. The summed E-state index contributed by atoms with van der Waals surface area (Å²) >= 11 is 0. The molecule has 2 N–H and O–H groups in total. The monoisotopic (exact) mass is 178 g/mol. The third kappa shape index (κ3) is 1.51. The van der Waals surface area contributed by atoms with Gasteiger partial charge in [0.25, 0.3) is 0 Å². The summed E-state index contributed by atoms with van der Waals surface area (Å²) in [6, 6.07) is 4.97. The smallest absolute Gasteiger partial charge is 0.461 e. The van der Waals surface area contributed by atoms with Gasteiger partial charge in [-0.25, -0.2) is 0 Å². The first-order valence-corrected chi connectivity index (χ1v) is 3.76. The quantitative estimate of drug-likeness (QED) is 0.645. The third-order valence-corrected chi connectivity index (χ3v) is 1.68. The van der Waals surface area contributed by atoms with Crippen molar-refractivity contribution in [2.45, 2.75) is 0 Å². The number of rotatable bonds is 2. The lowest BCUT2D eigenvalue weighted by Crippen LogP contribution is -2.27. The van der Waals surface area contributed by atoms with E-state index in [1.807, 2.05) is 0 Å². The van der Waals surface area contributed by atoms with Crippen molar-refractivity contribution < 1.29 is 18.9 Å². The van der Waals surface area contributed by atoms with E-state index >= 15 is 0 Å². The SMILES string of the molecule is OB(O)c1coc(-c2ccco2)c1. The van der Waals surface area contributed by atoms with Gasteiger partial charge >= 0.3 is 7.12 Å². The van der Waals surface area contributed by atoms with Crippen LogP contribution in [0.3, 0.4) is 0 Å². The fourth-order valence-electron chi connectivity index (χ4n) is 1.03. The van der Waals surface area contributed by atoms with Crippen LogP contribution in [0.1, 0.15) is 0 Å². The average molecular weight is 178 g/mol. The molecule has 0 aliphatic rings. The summed E-state index contributed by atoms with van der Waals surface area (Å²) in [6.45, 7) is 0. The predicted molar refractivity (Wildman–Crippen MR) is 46.2 cm³/mol. The Labute approximate surface area is 74.6 Å². The highest BCUT2D eigenvalue weighted by Gasteiger charge is 2.15. The molecule has 0 aromatic carbocycles. The molecule has 0 unspecified atom stereocenters. The molecule has 2 aromatic heterocycles. The minimum absolute atomic E-state index is 0.311. The summed E-state index contributed by atoms with van der Waals surface area (Å²) in [5.41, 5.74) is 0.311.